The van der Waals surface area contributed by atoms with E-state index in [4.69, 9.17) is 15.0 Å². The zero-order valence-electron chi connectivity index (χ0n) is 19.0. The minimum atomic E-state index is 0.784. The van der Waals surface area contributed by atoms with Crippen molar-refractivity contribution in [1.29, 1.82) is 0 Å². The Balaban J connectivity index is 1.28. The highest BCUT2D eigenvalue weighted by molar-refractivity contribution is 5.62. The first kappa shape index (κ1) is 20.7. The molecule has 5 rings (SSSR count). The van der Waals surface area contributed by atoms with Crippen molar-refractivity contribution in [3.63, 3.8) is 0 Å². The van der Waals surface area contributed by atoms with Crippen LogP contribution in [-0.2, 0) is 0 Å². The Labute approximate surface area is 190 Å². The molecule has 2 aliphatic heterocycles. The quantitative estimate of drug-likeness (QED) is 0.625. The number of aryl methyl sites for hydroxylation is 1. The third kappa shape index (κ3) is 4.38. The maximum Gasteiger partial charge on any atom is 0.225 e. The predicted molar refractivity (Wildman–Crippen MR) is 129 cm³/mol. The van der Waals surface area contributed by atoms with Crippen LogP contribution in [0.3, 0.4) is 0 Å². The van der Waals surface area contributed by atoms with Gasteiger partial charge in [0.2, 0.25) is 11.9 Å². The number of benzene rings is 1. The molecule has 0 radical (unpaired) electrons. The fraction of sp³-hybridized carbons (Fsp3) is 0.440. The lowest BCUT2D eigenvalue weighted by molar-refractivity contribution is 0.434. The number of hydrogen-bond donors (Lipinski definition) is 0. The Hall–Kier alpha value is -3.22. The Morgan fingerprint density at radius 1 is 0.750 bits per heavy atom. The number of hydrogen-bond acceptors (Lipinski definition) is 7. The van der Waals surface area contributed by atoms with Crippen molar-refractivity contribution < 1.29 is 0 Å². The Bertz CT molecular complexity index is 1040. The molecule has 0 unspecified atom stereocenters. The monoisotopic (exact) mass is 429 g/mol. The van der Waals surface area contributed by atoms with Gasteiger partial charge in [0.25, 0.3) is 0 Å². The van der Waals surface area contributed by atoms with Crippen LogP contribution >= 0.6 is 0 Å². The molecule has 0 N–H and O–H groups in total. The molecule has 0 spiro atoms. The van der Waals surface area contributed by atoms with Gasteiger partial charge < -0.3 is 14.7 Å². The predicted octanol–water partition coefficient (Wildman–Crippen LogP) is 3.80. The van der Waals surface area contributed by atoms with Crippen LogP contribution in [0.15, 0.2) is 48.8 Å². The van der Waals surface area contributed by atoms with Gasteiger partial charge >= 0.3 is 0 Å². The summed E-state index contributed by atoms with van der Waals surface area (Å²) in [6.07, 6.45) is 6.17. The molecule has 2 aromatic heterocycles. The first-order valence-electron chi connectivity index (χ1n) is 11.6. The average molecular weight is 430 g/mol. The third-order valence-corrected chi connectivity index (χ3v) is 6.64. The highest BCUT2D eigenvalue weighted by Gasteiger charge is 2.21. The van der Waals surface area contributed by atoms with Crippen LogP contribution in [0, 0.1) is 12.8 Å². The number of piperidine rings is 1. The molecule has 7 nitrogen and oxygen atoms in total. The zero-order valence-corrected chi connectivity index (χ0v) is 19.0. The normalized spacial score (nSPS) is 17.6. The van der Waals surface area contributed by atoms with Crippen LogP contribution in [0.25, 0.3) is 11.3 Å². The van der Waals surface area contributed by atoms with E-state index in [1.54, 1.807) is 0 Å². The van der Waals surface area contributed by atoms with E-state index in [0.717, 1.165) is 74.0 Å². The molecule has 0 amide bonds. The van der Waals surface area contributed by atoms with Gasteiger partial charge in [0.1, 0.15) is 0 Å². The lowest BCUT2D eigenvalue weighted by Gasteiger charge is -2.36. The average Bonchev–Trinajstić information content (AvgIpc) is 2.85. The maximum atomic E-state index is 4.85. The number of nitrogens with zero attached hydrogens (tertiary/aromatic N) is 7. The first-order valence-corrected chi connectivity index (χ1v) is 11.6. The van der Waals surface area contributed by atoms with E-state index < -0.39 is 0 Å². The minimum Gasteiger partial charge on any atom is -0.368 e. The van der Waals surface area contributed by atoms with Gasteiger partial charge in [-0.25, -0.2) is 19.9 Å². The summed E-state index contributed by atoms with van der Waals surface area (Å²) in [4.78, 5) is 25.9. The number of piperazine rings is 1. The summed E-state index contributed by atoms with van der Waals surface area (Å²) in [6.45, 7) is 10.2. The van der Waals surface area contributed by atoms with Crippen LogP contribution < -0.4 is 14.7 Å². The second-order valence-electron chi connectivity index (χ2n) is 8.89. The Morgan fingerprint density at radius 2 is 1.41 bits per heavy atom. The molecule has 2 fully saturated rings. The van der Waals surface area contributed by atoms with E-state index in [2.05, 4.69) is 56.9 Å². The van der Waals surface area contributed by atoms with Gasteiger partial charge in [-0.3, -0.25) is 0 Å². The first-order chi connectivity index (χ1) is 15.7. The van der Waals surface area contributed by atoms with E-state index >= 15 is 0 Å². The van der Waals surface area contributed by atoms with E-state index in [1.165, 1.54) is 18.5 Å². The molecule has 0 bridgehead atoms. The maximum absolute atomic E-state index is 4.85. The lowest BCUT2D eigenvalue weighted by Crippen LogP contribution is -2.47. The van der Waals surface area contributed by atoms with Gasteiger partial charge in [-0.2, -0.15) is 0 Å². The smallest absolute Gasteiger partial charge is 0.225 e. The van der Waals surface area contributed by atoms with E-state index in [0.29, 0.717) is 0 Å². The van der Waals surface area contributed by atoms with Crippen molar-refractivity contribution in [2.75, 3.05) is 54.0 Å². The molecule has 1 aromatic carbocycles. The van der Waals surface area contributed by atoms with Crippen LogP contribution in [0.5, 0.6) is 0 Å². The van der Waals surface area contributed by atoms with E-state index in [-0.39, 0.29) is 0 Å². The summed E-state index contributed by atoms with van der Waals surface area (Å²) in [5.74, 6) is 2.40. The van der Waals surface area contributed by atoms with Crippen molar-refractivity contribution in [2.24, 2.45) is 5.92 Å². The molecule has 2 aliphatic rings. The molecule has 0 saturated carbocycles. The lowest BCUT2D eigenvalue weighted by atomic mass is 10.00. The number of para-hydroxylation sites is 1. The second kappa shape index (κ2) is 9.10. The Kier molecular flexibility index (Phi) is 5.88. The third-order valence-electron chi connectivity index (χ3n) is 6.64. The number of anilines is 3. The topological polar surface area (TPSA) is 61.3 Å². The molecule has 32 heavy (non-hydrogen) atoms. The standard InChI is InChI=1S/C25H31N7/c1-19-9-12-31(13-10-19)24-26-11-8-23(29-24)22-18-27-25(28-20(22)2)32-16-14-30(15-17-32)21-6-4-3-5-7-21/h3-8,11,18-19H,9-10,12-17H2,1-2H3. The number of rotatable bonds is 4. The van der Waals surface area contributed by atoms with Crippen molar-refractivity contribution in [1.82, 2.24) is 19.9 Å². The SMILES string of the molecule is Cc1nc(N2CCN(c3ccccc3)CC2)ncc1-c1ccnc(N2CCC(C)CC2)n1. The van der Waals surface area contributed by atoms with Crippen molar-refractivity contribution in [2.45, 2.75) is 26.7 Å². The van der Waals surface area contributed by atoms with Crippen molar-refractivity contribution in [3.8, 4) is 11.3 Å². The van der Waals surface area contributed by atoms with Gasteiger partial charge in [-0.05, 0) is 43.9 Å². The Morgan fingerprint density at radius 3 is 2.12 bits per heavy atom. The molecule has 0 aliphatic carbocycles. The number of aromatic nitrogens is 4. The highest BCUT2D eigenvalue weighted by atomic mass is 15.3. The minimum absolute atomic E-state index is 0.784. The molecule has 0 atom stereocenters. The summed E-state index contributed by atoms with van der Waals surface area (Å²) in [7, 11) is 0. The highest BCUT2D eigenvalue weighted by Crippen LogP contribution is 2.25. The summed E-state index contributed by atoms with van der Waals surface area (Å²) >= 11 is 0. The fourth-order valence-corrected chi connectivity index (χ4v) is 4.52. The fourth-order valence-electron chi connectivity index (χ4n) is 4.52. The molecule has 7 heteroatoms. The molecule has 3 aromatic rings. The van der Waals surface area contributed by atoms with Gasteiger partial charge in [0.15, 0.2) is 0 Å². The van der Waals surface area contributed by atoms with Crippen LogP contribution in [0.2, 0.25) is 0 Å². The van der Waals surface area contributed by atoms with E-state index in [9.17, 15) is 0 Å². The zero-order chi connectivity index (χ0) is 21.9. The summed E-state index contributed by atoms with van der Waals surface area (Å²) in [5.41, 5.74) is 4.11. The van der Waals surface area contributed by atoms with Crippen LogP contribution in [0.1, 0.15) is 25.5 Å². The summed E-state index contributed by atoms with van der Waals surface area (Å²) in [6, 6.07) is 12.6. The van der Waals surface area contributed by atoms with Crippen LogP contribution in [0.4, 0.5) is 17.6 Å². The largest absolute Gasteiger partial charge is 0.368 e. The summed E-state index contributed by atoms with van der Waals surface area (Å²) < 4.78 is 0. The molecule has 4 heterocycles. The molecule has 166 valence electrons. The van der Waals surface area contributed by atoms with Gasteiger partial charge in [-0.15, -0.1) is 0 Å². The van der Waals surface area contributed by atoms with E-state index in [1.807, 2.05) is 25.4 Å². The van der Waals surface area contributed by atoms with Crippen molar-refractivity contribution in [3.05, 3.63) is 54.5 Å². The van der Waals surface area contributed by atoms with Gasteiger partial charge in [-0.1, -0.05) is 25.1 Å². The van der Waals surface area contributed by atoms with Crippen molar-refractivity contribution >= 4 is 17.6 Å². The summed E-state index contributed by atoms with van der Waals surface area (Å²) in [5, 5.41) is 0. The second-order valence-corrected chi connectivity index (χ2v) is 8.89. The van der Waals surface area contributed by atoms with Gasteiger partial charge in [0, 0.05) is 62.9 Å². The molecular formula is C25H31N7. The molecular weight excluding hydrogens is 398 g/mol. The van der Waals surface area contributed by atoms with Gasteiger partial charge in [0.05, 0.1) is 11.4 Å². The molecule has 2 saturated heterocycles. The van der Waals surface area contributed by atoms with Crippen LogP contribution in [-0.4, -0.2) is 59.2 Å².